The summed E-state index contributed by atoms with van der Waals surface area (Å²) in [5.74, 6) is -0.511. The third-order valence-corrected chi connectivity index (χ3v) is 6.60. The summed E-state index contributed by atoms with van der Waals surface area (Å²) in [4.78, 5) is 24.4. The summed E-state index contributed by atoms with van der Waals surface area (Å²) in [5, 5.41) is 12.2. The minimum atomic E-state index is -3.57. The minimum absolute atomic E-state index is 0.0233. The van der Waals surface area contributed by atoms with Crippen LogP contribution in [-0.4, -0.2) is 56.2 Å². The Hall–Kier alpha value is -2.89. The van der Waals surface area contributed by atoms with Crippen LogP contribution in [0.1, 0.15) is 25.1 Å². The van der Waals surface area contributed by atoms with Crippen LogP contribution in [0.25, 0.3) is 11.2 Å². The Labute approximate surface area is 197 Å². The van der Waals surface area contributed by atoms with Crippen molar-refractivity contribution in [1.82, 2.24) is 24.6 Å². The standard InChI is InChI=1S/C21H29N6O6P/c1-3-32-20(29)15(2)26-34(30,33-12-16-7-5-4-6-8-16)14-31-10-9-27-13-23-18-17(11-28)24-21(22)25-19(18)27/h4-8,13,15,28H,3,9-12,14H2,1-2H3,(H,26,30)(H2,22,24,25). The maximum absolute atomic E-state index is 13.5. The molecule has 2 aromatic heterocycles. The van der Waals surface area contributed by atoms with Gasteiger partial charge in [-0.15, -0.1) is 0 Å². The third kappa shape index (κ3) is 6.81. The van der Waals surface area contributed by atoms with Gasteiger partial charge in [0, 0.05) is 6.54 Å². The number of imidazole rings is 1. The molecule has 0 fully saturated rings. The van der Waals surface area contributed by atoms with Crippen molar-refractivity contribution in [3.05, 3.63) is 47.9 Å². The van der Waals surface area contributed by atoms with Crippen LogP contribution in [0.15, 0.2) is 36.7 Å². The molecule has 4 N–H and O–H groups in total. The SMILES string of the molecule is CCOC(=O)C(C)NP(=O)(COCCn1cnc2c(CO)nc(N)nc21)OCc1ccccc1. The van der Waals surface area contributed by atoms with E-state index in [9.17, 15) is 14.5 Å². The van der Waals surface area contributed by atoms with Crippen LogP contribution < -0.4 is 10.8 Å². The number of carbonyl (C=O) groups is 1. The zero-order valence-electron chi connectivity index (χ0n) is 19.1. The second kappa shape index (κ2) is 12.0. The summed E-state index contributed by atoms with van der Waals surface area (Å²) in [6.45, 7) is 3.70. The molecule has 0 saturated carbocycles. The van der Waals surface area contributed by atoms with E-state index in [1.165, 1.54) is 6.33 Å². The lowest BCUT2D eigenvalue weighted by molar-refractivity contribution is -0.144. The molecule has 0 aliphatic rings. The molecule has 2 unspecified atom stereocenters. The summed E-state index contributed by atoms with van der Waals surface area (Å²) in [6.07, 6.45) is 1.27. The van der Waals surface area contributed by atoms with E-state index < -0.39 is 19.5 Å². The molecule has 0 aliphatic carbocycles. The number of anilines is 1. The van der Waals surface area contributed by atoms with E-state index >= 15 is 0 Å². The van der Waals surface area contributed by atoms with Crippen LogP contribution in [0.2, 0.25) is 0 Å². The summed E-state index contributed by atoms with van der Waals surface area (Å²) >= 11 is 0. The van der Waals surface area contributed by atoms with E-state index in [-0.39, 0.29) is 38.7 Å². The number of nitrogen functional groups attached to an aromatic ring is 1. The molecule has 13 heteroatoms. The Balaban J connectivity index is 1.64. The molecule has 0 radical (unpaired) electrons. The first-order chi connectivity index (χ1) is 16.3. The number of aliphatic hydroxyl groups is 1. The first kappa shape index (κ1) is 25.7. The van der Waals surface area contributed by atoms with Gasteiger partial charge in [-0.05, 0) is 19.4 Å². The van der Waals surface area contributed by atoms with E-state index in [0.29, 0.717) is 23.4 Å². The van der Waals surface area contributed by atoms with Crippen LogP contribution in [0, 0.1) is 0 Å². The Morgan fingerprint density at radius 2 is 2.06 bits per heavy atom. The largest absolute Gasteiger partial charge is 0.465 e. The van der Waals surface area contributed by atoms with Gasteiger partial charge in [0.05, 0.1) is 38.4 Å². The Morgan fingerprint density at radius 3 is 2.76 bits per heavy atom. The van der Waals surface area contributed by atoms with Gasteiger partial charge in [-0.1, -0.05) is 30.3 Å². The van der Waals surface area contributed by atoms with E-state index in [0.717, 1.165) is 5.56 Å². The third-order valence-electron chi connectivity index (χ3n) is 4.75. The van der Waals surface area contributed by atoms with Crippen molar-refractivity contribution in [3.63, 3.8) is 0 Å². The molecule has 0 spiro atoms. The number of nitrogens with one attached hydrogen (secondary N) is 1. The van der Waals surface area contributed by atoms with Crippen molar-refractivity contribution in [1.29, 1.82) is 0 Å². The van der Waals surface area contributed by atoms with Gasteiger partial charge in [-0.2, -0.15) is 4.98 Å². The summed E-state index contributed by atoms with van der Waals surface area (Å²) in [6, 6.07) is 8.41. The molecule has 2 heterocycles. The number of fused-ring (bicyclic) bond motifs is 1. The van der Waals surface area contributed by atoms with Crippen molar-refractivity contribution in [2.45, 2.75) is 39.6 Å². The van der Waals surface area contributed by atoms with Gasteiger partial charge in [0.1, 0.15) is 17.9 Å². The van der Waals surface area contributed by atoms with Crippen LogP contribution in [0.3, 0.4) is 0 Å². The smallest absolute Gasteiger partial charge is 0.323 e. The van der Waals surface area contributed by atoms with Gasteiger partial charge in [0.15, 0.2) is 5.65 Å². The van der Waals surface area contributed by atoms with Crippen LogP contribution in [-0.2, 0) is 43.1 Å². The number of aliphatic hydroxyl groups excluding tert-OH is 1. The highest BCUT2D eigenvalue weighted by atomic mass is 31.2. The number of hydrogen-bond acceptors (Lipinski definition) is 10. The molecule has 0 saturated heterocycles. The summed E-state index contributed by atoms with van der Waals surface area (Å²) in [7, 11) is -3.57. The normalized spacial score (nSPS) is 14.1. The van der Waals surface area contributed by atoms with Crippen molar-refractivity contribution < 1.29 is 28.5 Å². The molecule has 2 atom stereocenters. The Morgan fingerprint density at radius 1 is 1.29 bits per heavy atom. The van der Waals surface area contributed by atoms with Gasteiger partial charge < -0.3 is 29.4 Å². The van der Waals surface area contributed by atoms with Crippen molar-refractivity contribution in [2.24, 2.45) is 0 Å². The molecule has 0 amide bonds. The second-order valence-corrected chi connectivity index (χ2v) is 9.49. The van der Waals surface area contributed by atoms with Gasteiger partial charge in [-0.25, -0.2) is 15.1 Å². The van der Waals surface area contributed by atoms with Crippen molar-refractivity contribution >= 4 is 30.6 Å². The Kier molecular flexibility index (Phi) is 9.08. The fraction of sp³-hybridized carbons (Fsp3) is 0.429. The van der Waals surface area contributed by atoms with Crippen LogP contribution in [0.5, 0.6) is 0 Å². The van der Waals surface area contributed by atoms with Gasteiger partial charge in [-0.3, -0.25) is 9.36 Å². The predicted octanol–water partition coefficient (Wildman–Crippen LogP) is 1.83. The number of esters is 1. The molecule has 3 rings (SSSR count). The fourth-order valence-electron chi connectivity index (χ4n) is 3.12. The van der Waals surface area contributed by atoms with E-state index in [4.69, 9.17) is 19.7 Å². The number of rotatable bonds is 13. The predicted molar refractivity (Wildman–Crippen MR) is 125 cm³/mol. The number of carbonyl (C=O) groups excluding carboxylic acids is 1. The number of hydrogen-bond donors (Lipinski definition) is 3. The first-order valence-electron chi connectivity index (χ1n) is 10.7. The average Bonchev–Trinajstić information content (AvgIpc) is 3.23. The van der Waals surface area contributed by atoms with E-state index in [1.807, 2.05) is 30.3 Å². The number of ether oxygens (including phenoxy) is 2. The topological polar surface area (TPSA) is 164 Å². The highest BCUT2D eigenvalue weighted by Gasteiger charge is 2.29. The summed E-state index contributed by atoms with van der Waals surface area (Å²) in [5.41, 5.74) is 7.77. The van der Waals surface area contributed by atoms with Crippen LogP contribution >= 0.6 is 7.52 Å². The zero-order chi connectivity index (χ0) is 24.6. The van der Waals surface area contributed by atoms with E-state index in [2.05, 4.69) is 20.0 Å². The maximum atomic E-state index is 13.5. The number of benzene rings is 1. The van der Waals surface area contributed by atoms with Crippen molar-refractivity contribution in [2.75, 3.05) is 25.3 Å². The van der Waals surface area contributed by atoms with Crippen LogP contribution in [0.4, 0.5) is 5.95 Å². The lowest BCUT2D eigenvalue weighted by Crippen LogP contribution is -2.34. The van der Waals surface area contributed by atoms with Crippen molar-refractivity contribution in [3.8, 4) is 0 Å². The monoisotopic (exact) mass is 492 g/mol. The lowest BCUT2D eigenvalue weighted by atomic mass is 10.2. The molecule has 34 heavy (non-hydrogen) atoms. The molecule has 3 aromatic rings. The zero-order valence-corrected chi connectivity index (χ0v) is 20.0. The fourth-order valence-corrected chi connectivity index (χ4v) is 4.77. The van der Waals surface area contributed by atoms with Gasteiger partial charge >= 0.3 is 5.97 Å². The molecule has 1 aromatic carbocycles. The van der Waals surface area contributed by atoms with Gasteiger partial charge in [0.25, 0.3) is 7.52 Å². The minimum Gasteiger partial charge on any atom is -0.465 e. The molecule has 0 bridgehead atoms. The molecule has 0 aliphatic heterocycles. The first-order valence-corrected chi connectivity index (χ1v) is 12.5. The number of aromatic nitrogens is 4. The number of nitrogens with zero attached hydrogens (tertiary/aromatic N) is 4. The average molecular weight is 492 g/mol. The summed E-state index contributed by atoms with van der Waals surface area (Å²) < 4.78 is 31.5. The van der Waals surface area contributed by atoms with E-state index in [1.54, 1.807) is 18.4 Å². The molecule has 12 nitrogen and oxygen atoms in total. The molecular formula is C21H29N6O6P. The quantitative estimate of drug-likeness (QED) is 0.181. The highest BCUT2D eigenvalue weighted by molar-refractivity contribution is 7.56. The highest BCUT2D eigenvalue weighted by Crippen LogP contribution is 2.44. The molecular weight excluding hydrogens is 463 g/mol. The molecule has 184 valence electrons. The maximum Gasteiger partial charge on any atom is 0.323 e. The Bertz CT molecular complexity index is 1140. The van der Waals surface area contributed by atoms with Gasteiger partial charge in [0.2, 0.25) is 5.95 Å². The second-order valence-electron chi connectivity index (χ2n) is 7.37. The number of nitrogens with two attached hydrogens (primary N) is 1. The lowest BCUT2D eigenvalue weighted by Gasteiger charge is -2.23.